The minimum Gasteiger partial charge on any atom is -0.368 e. The fourth-order valence-corrected chi connectivity index (χ4v) is 4.99. The highest BCUT2D eigenvalue weighted by Gasteiger charge is 2.53. The van der Waals surface area contributed by atoms with Crippen LogP contribution in [0.2, 0.25) is 0 Å². The van der Waals surface area contributed by atoms with Gasteiger partial charge in [-0.1, -0.05) is 6.92 Å². The van der Waals surface area contributed by atoms with Gasteiger partial charge in [0.05, 0.1) is 11.2 Å². The summed E-state index contributed by atoms with van der Waals surface area (Å²) in [7, 11) is 2.07. The molecule has 0 bridgehead atoms. The van der Waals surface area contributed by atoms with Crippen molar-refractivity contribution in [2.75, 3.05) is 32.4 Å². The Balaban J connectivity index is 2.08. The van der Waals surface area contributed by atoms with Crippen LogP contribution in [0, 0.1) is 5.92 Å². The van der Waals surface area contributed by atoms with Gasteiger partial charge in [-0.3, -0.25) is 0 Å². The number of nitrogens with zero attached hydrogens (tertiary/aromatic N) is 1. The average molecular weight is 286 g/mol. The Labute approximate surface area is 122 Å². The molecule has 2 fully saturated rings. The van der Waals surface area contributed by atoms with Crippen LogP contribution in [0.5, 0.6) is 0 Å². The smallest absolute Gasteiger partial charge is 0.0790 e. The lowest BCUT2D eigenvalue weighted by atomic mass is 9.82. The van der Waals surface area contributed by atoms with Gasteiger partial charge >= 0.3 is 0 Å². The molecule has 0 radical (unpaired) electrons. The average Bonchev–Trinajstić information content (AvgIpc) is 2.43. The maximum absolute atomic E-state index is 6.33. The van der Waals surface area contributed by atoms with E-state index in [0.717, 1.165) is 11.8 Å². The standard InChI is InChI=1S/C15H30N2OS/c1-11-9-17(7-8-19-11)10-12-13(16-6)15(4,5)18-14(12,2)3/h11-13,16H,7-10H2,1-6H3. The summed E-state index contributed by atoms with van der Waals surface area (Å²) in [6.07, 6.45) is 0. The van der Waals surface area contributed by atoms with E-state index in [2.05, 4.69) is 63.6 Å². The fraction of sp³-hybridized carbons (Fsp3) is 1.00. The summed E-state index contributed by atoms with van der Waals surface area (Å²) in [5.41, 5.74) is -0.135. The molecule has 0 amide bonds. The van der Waals surface area contributed by atoms with E-state index in [9.17, 15) is 0 Å². The van der Waals surface area contributed by atoms with Gasteiger partial charge in [0.1, 0.15) is 0 Å². The Hall–Kier alpha value is 0.230. The Bertz CT molecular complexity index is 319. The topological polar surface area (TPSA) is 24.5 Å². The number of hydrogen-bond acceptors (Lipinski definition) is 4. The molecule has 0 aromatic heterocycles. The highest BCUT2D eigenvalue weighted by molar-refractivity contribution is 7.99. The first-order chi connectivity index (χ1) is 8.76. The number of hydrogen-bond donors (Lipinski definition) is 1. The quantitative estimate of drug-likeness (QED) is 0.860. The molecule has 112 valence electrons. The molecule has 2 rings (SSSR count). The van der Waals surface area contributed by atoms with Gasteiger partial charge in [0.15, 0.2) is 0 Å². The molecular formula is C15H30N2OS. The molecule has 4 heteroatoms. The zero-order chi connectivity index (χ0) is 14.3. The molecule has 3 unspecified atom stereocenters. The minimum atomic E-state index is -0.0843. The monoisotopic (exact) mass is 286 g/mol. The van der Waals surface area contributed by atoms with Crippen molar-refractivity contribution in [2.24, 2.45) is 5.92 Å². The van der Waals surface area contributed by atoms with Crippen LogP contribution in [0.25, 0.3) is 0 Å². The Morgan fingerprint density at radius 3 is 2.53 bits per heavy atom. The first-order valence-corrected chi connectivity index (χ1v) is 8.52. The van der Waals surface area contributed by atoms with Crippen molar-refractivity contribution in [3.8, 4) is 0 Å². The number of ether oxygens (including phenoxy) is 1. The molecule has 2 aliphatic rings. The summed E-state index contributed by atoms with van der Waals surface area (Å²) in [5.74, 6) is 1.81. The maximum Gasteiger partial charge on any atom is 0.0790 e. The summed E-state index contributed by atoms with van der Waals surface area (Å²) in [6.45, 7) is 14.8. The van der Waals surface area contributed by atoms with E-state index in [1.54, 1.807) is 0 Å². The fourth-order valence-electron chi connectivity index (χ4n) is 3.91. The molecule has 2 heterocycles. The summed E-state index contributed by atoms with van der Waals surface area (Å²) < 4.78 is 6.33. The Morgan fingerprint density at radius 2 is 1.95 bits per heavy atom. The van der Waals surface area contributed by atoms with Crippen molar-refractivity contribution in [1.82, 2.24) is 10.2 Å². The van der Waals surface area contributed by atoms with E-state index in [-0.39, 0.29) is 11.2 Å². The van der Waals surface area contributed by atoms with Gasteiger partial charge in [-0.15, -0.1) is 0 Å². The lowest BCUT2D eigenvalue weighted by Gasteiger charge is -2.37. The zero-order valence-corrected chi connectivity index (χ0v) is 14.1. The van der Waals surface area contributed by atoms with Crippen molar-refractivity contribution in [2.45, 2.75) is 57.1 Å². The molecule has 0 aromatic rings. The third kappa shape index (κ3) is 3.29. The molecule has 0 saturated carbocycles. The van der Waals surface area contributed by atoms with Gasteiger partial charge in [0.25, 0.3) is 0 Å². The molecular weight excluding hydrogens is 256 g/mol. The summed E-state index contributed by atoms with van der Waals surface area (Å²) in [5, 5.41) is 4.27. The maximum atomic E-state index is 6.33. The van der Waals surface area contributed by atoms with Gasteiger partial charge in [0.2, 0.25) is 0 Å². The van der Waals surface area contributed by atoms with Gasteiger partial charge in [-0.2, -0.15) is 11.8 Å². The van der Waals surface area contributed by atoms with Crippen molar-refractivity contribution >= 4 is 11.8 Å². The molecule has 3 atom stereocenters. The zero-order valence-electron chi connectivity index (χ0n) is 13.3. The molecule has 0 aromatic carbocycles. The highest BCUT2D eigenvalue weighted by Crippen LogP contribution is 2.42. The minimum absolute atomic E-state index is 0.0506. The lowest BCUT2D eigenvalue weighted by molar-refractivity contribution is -0.0793. The van der Waals surface area contributed by atoms with Gasteiger partial charge < -0.3 is 15.0 Å². The van der Waals surface area contributed by atoms with Crippen LogP contribution >= 0.6 is 11.8 Å². The Kier molecular flexibility index (Phi) is 4.56. The Morgan fingerprint density at radius 1 is 1.26 bits per heavy atom. The number of likely N-dealkylation sites (N-methyl/N-ethyl adjacent to an activating group) is 1. The SMILES string of the molecule is CNC1C(CN2CCSC(C)C2)C(C)(C)OC1(C)C. The second kappa shape index (κ2) is 5.55. The molecule has 0 spiro atoms. The van der Waals surface area contributed by atoms with Crippen LogP contribution < -0.4 is 5.32 Å². The summed E-state index contributed by atoms with van der Waals surface area (Å²) >= 11 is 2.10. The van der Waals surface area contributed by atoms with E-state index in [0.29, 0.717) is 12.0 Å². The third-order valence-electron chi connectivity index (χ3n) is 4.66. The predicted octanol–water partition coefficient (Wildman–Crippen LogP) is 2.22. The van der Waals surface area contributed by atoms with Crippen LogP contribution in [0.4, 0.5) is 0 Å². The predicted molar refractivity (Wildman–Crippen MR) is 83.9 cm³/mol. The van der Waals surface area contributed by atoms with E-state index in [4.69, 9.17) is 4.74 Å². The summed E-state index contributed by atoms with van der Waals surface area (Å²) in [4.78, 5) is 2.63. The molecule has 1 N–H and O–H groups in total. The molecule has 19 heavy (non-hydrogen) atoms. The van der Waals surface area contributed by atoms with Crippen LogP contribution in [-0.2, 0) is 4.74 Å². The second-order valence-electron chi connectivity index (χ2n) is 7.12. The van der Waals surface area contributed by atoms with Gasteiger partial charge in [0, 0.05) is 42.6 Å². The van der Waals surface area contributed by atoms with Crippen molar-refractivity contribution in [1.29, 1.82) is 0 Å². The van der Waals surface area contributed by atoms with E-state index < -0.39 is 0 Å². The van der Waals surface area contributed by atoms with Gasteiger partial charge in [-0.05, 0) is 34.7 Å². The van der Waals surface area contributed by atoms with Crippen molar-refractivity contribution in [3.05, 3.63) is 0 Å². The van der Waals surface area contributed by atoms with Crippen LogP contribution in [-0.4, -0.2) is 59.8 Å². The van der Waals surface area contributed by atoms with E-state index >= 15 is 0 Å². The molecule has 0 aliphatic carbocycles. The van der Waals surface area contributed by atoms with E-state index in [1.807, 2.05) is 0 Å². The summed E-state index contributed by atoms with van der Waals surface area (Å²) in [6, 6.07) is 0.424. The first-order valence-electron chi connectivity index (χ1n) is 7.47. The van der Waals surface area contributed by atoms with Crippen molar-refractivity contribution < 1.29 is 4.74 Å². The molecule has 3 nitrogen and oxygen atoms in total. The molecule has 2 saturated heterocycles. The molecule has 2 aliphatic heterocycles. The van der Waals surface area contributed by atoms with Crippen LogP contribution in [0.3, 0.4) is 0 Å². The lowest BCUT2D eigenvalue weighted by Crippen LogP contribution is -2.51. The third-order valence-corrected chi connectivity index (χ3v) is 5.80. The number of nitrogens with one attached hydrogen (secondary N) is 1. The highest BCUT2D eigenvalue weighted by atomic mass is 32.2. The van der Waals surface area contributed by atoms with E-state index in [1.165, 1.54) is 18.8 Å². The normalized spacial score (nSPS) is 38.5. The van der Waals surface area contributed by atoms with Gasteiger partial charge in [-0.25, -0.2) is 0 Å². The first kappa shape index (κ1) is 15.6. The van der Waals surface area contributed by atoms with Crippen molar-refractivity contribution in [3.63, 3.8) is 0 Å². The van der Waals surface area contributed by atoms with Crippen LogP contribution in [0.15, 0.2) is 0 Å². The second-order valence-corrected chi connectivity index (χ2v) is 8.67. The van der Waals surface area contributed by atoms with Crippen LogP contribution in [0.1, 0.15) is 34.6 Å². The number of rotatable bonds is 3. The number of thioether (sulfide) groups is 1. The largest absolute Gasteiger partial charge is 0.368 e.